The van der Waals surface area contributed by atoms with Crippen LogP contribution in [0.15, 0.2) is 12.1 Å². The molecule has 1 aliphatic rings. The lowest BCUT2D eigenvalue weighted by atomic mass is 10.1. The Labute approximate surface area is 113 Å². The van der Waals surface area contributed by atoms with Crippen LogP contribution in [0.25, 0.3) is 0 Å². The first-order chi connectivity index (χ1) is 9.13. The lowest BCUT2D eigenvalue weighted by Crippen LogP contribution is -2.21. The second-order valence-electron chi connectivity index (χ2n) is 4.87. The molecule has 0 aromatic carbocycles. The smallest absolute Gasteiger partial charge is 0.276 e. The number of hydrogen-bond acceptors (Lipinski definition) is 5. The first-order valence-electron chi connectivity index (χ1n) is 6.79. The molecule has 1 saturated heterocycles. The first-order valence-corrected chi connectivity index (χ1v) is 6.79. The maximum absolute atomic E-state index is 11.0. The highest BCUT2D eigenvalue weighted by atomic mass is 16.6. The zero-order valence-electron chi connectivity index (χ0n) is 11.4. The van der Waals surface area contributed by atoms with Crippen molar-refractivity contribution in [3.63, 3.8) is 0 Å². The molecule has 1 unspecified atom stereocenters. The summed E-state index contributed by atoms with van der Waals surface area (Å²) < 4.78 is 0. The largest absolute Gasteiger partial charge is 0.370 e. The second-order valence-corrected chi connectivity index (χ2v) is 4.87. The van der Waals surface area contributed by atoms with Gasteiger partial charge in [-0.3, -0.25) is 10.1 Å². The molecule has 1 aromatic heterocycles. The average molecular weight is 264 g/mol. The minimum Gasteiger partial charge on any atom is -0.370 e. The highest BCUT2D eigenvalue weighted by molar-refractivity contribution is 5.56. The molecule has 104 valence electrons. The van der Waals surface area contributed by atoms with Crippen LogP contribution in [0.3, 0.4) is 0 Å². The fourth-order valence-corrected chi connectivity index (χ4v) is 2.42. The molecule has 0 bridgehead atoms. The number of rotatable bonds is 5. The summed E-state index contributed by atoms with van der Waals surface area (Å²) in [6.45, 7) is 6.70. The Kier molecular flexibility index (Phi) is 4.19. The molecule has 0 radical (unpaired) electrons. The molecule has 2 heterocycles. The van der Waals surface area contributed by atoms with E-state index in [1.807, 2.05) is 6.92 Å². The van der Waals surface area contributed by atoms with Crippen LogP contribution in [0.1, 0.15) is 26.7 Å². The number of nitro groups is 1. The Balaban J connectivity index is 2.26. The third-order valence-electron chi connectivity index (χ3n) is 3.55. The fourth-order valence-electron chi connectivity index (χ4n) is 2.42. The lowest BCUT2D eigenvalue weighted by molar-refractivity contribution is -0.384. The van der Waals surface area contributed by atoms with Crippen molar-refractivity contribution in [2.75, 3.05) is 29.9 Å². The predicted octanol–water partition coefficient (Wildman–Crippen LogP) is 2.66. The maximum Gasteiger partial charge on any atom is 0.276 e. The summed E-state index contributed by atoms with van der Waals surface area (Å²) >= 11 is 0. The third kappa shape index (κ3) is 3.13. The third-order valence-corrected chi connectivity index (χ3v) is 3.55. The van der Waals surface area contributed by atoms with E-state index in [1.165, 1.54) is 6.07 Å². The first kappa shape index (κ1) is 13.6. The number of pyridine rings is 1. The Morgan fingerprint density at radius 1 is 1.53 bits per heavy atom. The van der Waals surface area contributed by atoms with Gasteiger partial charge in [0.2, 0.25) is 0 Å². The van der Waals surface area contributed by atoms with Gasteiger partial charge in [0, 0.05) is 19.6 Å². The number of aromatic nitrogens is 1. The number of anilines is 2. The monoisotopic (exact) mass is 264 g/mol. The van der Waals surface area contributed by atoms with Crippen LogP contribution in [0, 0.1) is 16.0 Å². The molecule has 6 nitrogen and oxygen atoms in total. The van der Waals surface area contributed by atoms with Gasteiger partial charge < -0.3 is 10.2 Å². The van der Waals surface area contributed by atoms with E-state index in [0.29, 0.717) is 24.1 Å². The Hall–Kier alpha value is -1.85. The molecule has 1 aromatic rings. The highest BCUT2D eigenvalue weighted by Gasteiger charge is 2.24. The number of hydrogen-bond donors (Lipinski definition) is 1. The standard InChI is InChI=1S/C13H20N4O2/c1-3-10-5-6-16(9-10)13-8-11(17(18)19)7-12(15-13)14-4-2/h7-8,10H,3-6,9H2,1-2H3,(H,14,15). The molecule has 1 aliphatic heterocycles. The van der Waals surface area contributed by atoms with Gasteiger partial charge >= 0.3 is 0 Å². The zero-order chi connectivity index (χ0) is 13.8. The van der Waals surface area contributed by atoms with E-state index < -0.39 is 0 Å². The van der Waals surface area contributed by atoms with Crippen LogP contribution in [-0.4, -0.2) is 29.5 Å². The van der Waals surface area contributed by atoms with Crippen molar-refractivity contribution < 1.29 is 4.92 Å². The van der Waals surface area contributed by atoms with E-state index >= 15 is 0 Å². The van der Waals surface area contributed by atoms with E-state index in [-0.39, 0.29) is 10.6 Å². The van der Waals surface area contributed by atoms with Crippen molar-refractivity contribution in [3.05, 3.63) is 22.2 Å². The van der Waals surface area contributed by atoms with Crippen LogP contribution in [0.2, 0.25) is 0 Å². The lowest BCUT2D eigenvalue weighted by Gasteiger charge is -2.18. The van der Waals surface area contributed by atoms with Gasteiger partial charge in [0.25, 0.3) is 5.69 Å². The minimum atomic E-state index is -0.362. The summed E-state index contributed by atoms with van der Waals surface area (Å²) in [5.74, 6) is 1.95. The van der Waals surface area contributed by atoms with Gasteiger partial charge in [0.1, 0.15) is 11.6 Å². The van der Waals surface area contributed by atoms with Gasteiger partial charge in [-0.05, 0) is 19.3 Å². The van der Waals surface area contributed by atoms with Crippen molar-refractivity contribution in [1.29, 1.82) is 0 Å². The molecule has 1 N–H and O–H groups in total. The van der Waals surface area contributed by atoms with Crippen molar-refractivity contribution >= 4 is 17.3 Å². The summed E-state index contributed by atoms with van der Waals surface area (Å²) in [6, 6.07) is 3.05. The van der Waals surface area contributed by atoms with E-state index in [9.17, 15) is 10.1 Å². The summed E-state index contributed by atoms with van der Waals surface area (Å²) in [5, 5.41) is 14.0. The highest BCUT2D eigenvalue weighted by Crippen LogP contribution is 2.28. The normalized spacial score (nSPS) is 18.6. The van der Waals surface area contributed by atoms with Gasteiger partial charge in [-0.2, -0.15) is 0 Å². The molecule has 6 heteroatoms. The quantitative estimate of drug-likeness (QED) is 0.654. The van der Waals surface area contributed by atoms with Gasteiger partial charge in [-0.25, -0.2) is 4.98 Å². The summed E-state index contributed by atoms with van der Waals surface area (Å²) in [5.41, 5.74) is 0.0981. The second kappa shape index (κ2) is 5.86. The van der Waals surface area contributed by atoms with E-state index in [1.54, 1.807) is 6.07 Å². The molecule has 1 atom stereocenters. The van der Waals surface area contributed by atoms with Crippen LogP contribution in [0.4, 0.5) is 17.3 Å². The van der Waals surface area contributed by atoms with Gasteiger partial charge in [-0.15, -0.1) is 0 Å². The molecular formula is C13H20N4O2. The van der Waals surface area contributed by atoms with Crippen molar-refractivity contribution in [2.45, 2.75) is 26.7 Å². The van der Waals surface area contributed by atoms with Gasteiger partial charge in [0.05, 0.1) is 17.1 Å². The Morgan fingerprint density at radius 3 is 2.89 bits per heavy atom. The SMILES string of the molecule is CCNc1cc([N+](=O)[O-])cc(N2CCC(CC)C2)n1. The predicted molar refractivity (Wildman–Crippen MR) is 75.7 cm³/mol. The van der Waals surface area contributed by atoms with Crippen molar-refractivity contribution in [3.8, 4) is 0 Å². The minimum absolute atomic E-state index is 0.0981. The molecule has 0 aliphatic carbocycles. The van der Waals surface area contributed by atoms with Crippen LogP contribution < -0.4 is 10.2 Å². The molecule has 0 saturated carbocycles. The van der Waals surface area contributed by atoms with Crippen LogP contribution in [-0.2, 0) is 0 Å². The number of nitrogens with one attached hydrogen (secondary N) is 1. The molecule has 0 spiro atoms. The fraction of sp³-hybridized carbons (Fsp3) is 0.615. The van der Waals surface area contributed by atoms with Gasteiger partial charge in [0.15, 0.2) is 0 Å². The van der Waals surface area contributed by atoms with Crippen molar-refractivity contribution in [2.24, 2.45) is 5.92 Å². The van der Waals surface area contributed by atoms with Crippen molar-refractivity contribution in [1.82, 2.24) is 4.98 Å². The van der Waals surface area contributed by atoms with Gasteiger partial charge in [-0.1, -0.05) is 13.3 Å². The molecule has 0 amide bonds. The molecular weight excluding hydrogens is 244 g/mol. The molecule has 1 fully saturated rings. The van der Waals surface area contributed by atoms with Crippen LogP contribution in [0.5, 0.6) is 0 Å². The number of nitrogens with zero attached hydrogens (tertiary/aromatic N) is 3. The Morgan fingerprint density at radius 2 is 2.32 bits per heavy atom. The van der Waals surface area contributed by atoms with Crippen LogP contribution >= 0.6 is 0 Å². The topological polar surface area (TPSA) is 71.3 Å². The zero-order valence-corrected chi connectivity index (χ0v) is 11.4. The van der Waals surface area contributed by atoms with E-state index in [2.05, 4.69) is 22.1 Å². The summed E-state index contributed by atoms with van der Waals surface area (Å²) in [4.78, 5) is 17.2. The molecule has 19 heavy (non-hydrogen) atoms. The Bertz CT molecular complexity index is 464. The molecule has 2 rings (SSSR count). The average Bonchev–Trinajstić information content (AvgIpc) is 2.87. The summed E-state index contributed by atoms with van der Waals surface area (Å²) in [6.07, 6.45) is 2.28. The summed E-state index contributed by atoms with van der Waals surface area (Å²) in [7, 11) is 0. The van der Waals surface area contributed by atoms with E-state index in [0.717, 1.165) is 25.9 Å². The maximum atomic E-state index is 11.0. The van der Waals surface area contributed by atoms with E-state index in [4.69, 9.17) is 0 Å².